The maximum absolute atomic E-state index is 13.8. The van der Waals surface area contributed by atoms with Gasteiger partial charge in [-0.25, -0.2) is 22.0 Å². The quantitative estimate of drug-likeness (QED) is 0.291. The van der Waals surface area contributed by atoms with Gasteiger partial charge < -0.3 is 4.74 Å². The van der Waals surface area contributed by atoms with Crippen molar-refractivity contribution in [1.82, 2.24) is 9.21 Å². The SMILES string of the molecule is CCN1CCN(S(=O)(=O)c2cc([N+](=O)[O-])ccc2Oc2cc(Cl)cc(Cl)c2)C23OP(=O)(OC12)O3. The molecule has 2 aromatic rings. The standard InChI is InChI=1S/C18H16Cl2N3O9PS/c1-2-21-5-6-22(18-17(21)30-33(26,31-18)32-18)34(27,28)16-10-13(23(24)25)3-4-15(16)29-14-8-11(19)7-12(20)9-14/h3-4,7-10,17H,2,5-6H2,1H3. The molecule has 12 nitrogen and oxygen atoms in total. The van der Waals surface area contributed by atoms with Gasteiger partial charge in [-0.15, -0.1) is 4.31 Å². The van der Waals surface area contributed by atoms with Crippen LogP contribution in [-0.2, 0) is 28.2 Å². The monoisotopic (exact) mass is 551 g/mol. The molecule has 0 saturated carbocycles. The smallest absolute Gasteiger partial charge is 0.456 e. The molecule has 2 bridgehead atoms. The molecule has 0 amide bonds. The van der Waals surface area contributed by atoms with Crippen LogP contribution in [0.25, 0.3) is 0 Å². The van der Waals surface area contributed by atoms with Gasteiger partial charge in [-0.1, -0.05) is 30.1 Å². The highest BCUT2D eigenvalue weighted by molar-refractivity contribution is 7.89. The Morgan fingerprint density at radius 2 is 1.88 bits per heavy atom. The lowest BCUT2D eigenvalue weighted by Gasteiger charge is -2.48. The number of nitro benzene ring substituents is 1. The van der Waals surface area contributed by atoms with Crippen molar-refractivity contribution in [3.63, 3.8) is 0 Å². The number of phosphoric ester groups is 1. The molecule has 1 spiro atoms. The summed E-state index contributed by atoms with van der Waals surface area (Å²) in [6, 6.07) is 7.37. The fraction of sp³-hybridized carbons (Fsp3) is 0.333. The number of rotatable bonds is 6. The summed E-state index contributed by atoms with van der Waals surface area (Å²) in [7, 11) is -8.44. The lowest BCUT2D eigenvalue weighted by atomic mass is 10.2. The Labute approximate surface area is 203 Å². The molecule has 6 rings (SSSR count). The van der Waals surface area contributed by atoms with Crippen molar-refractivity contribution in [3.05, 3.63) is 56.6 Å². The van der Waals surface area contributed by atoms with Crippen molar-refractivity contribution in [1.29, 1.82) is 0 Å². The number of ether oxygens (including phenoxy) is 1. The van der Waals surface area contributed by atoms with Gasteiger partial charge in [0.2, 0.25) is 0 Å². The minimum Gasteiger partial charge on any atom is -0.456 e. The summed E-state index contributed by atoms with van der Waals surface area (Å²) in [6.07, 6.45) is -1.07. The van der Waals surface area contributed by atoms with E-state index >= 15 is 0 Å². The van der Waals surface area contributed by atoms with Crippen LogP contribution < -0.4 is 4.74 Å². The molecular weight excluding hydrogens is 536 g/mol. The maximum Gasteiger partial charge on any atom is 0.484 e. The van der Waals surface area contributed by atoms with Gasteiger partial charge in [-0.3, -0.25) is 19.5 Å². The number of nitro groups is 1. The molecule has 182 valence electrons. The first-order valence-electron chi connectivity index (χ1n) is 9.87. The van der Waals surface area contributed by atoms with Crippen LogP contribution in [0.1, 0.15) is 6.92 Å². The zero-order valence-corrected chi connectivity index (χ0v) is 20.5. The van der Waals surface area contributed by atoms with E-state index in [-0.39, 0.29) is 34.6 Å². The third-order valence-corrected chi connectivity index (χ3v) is 9.23. The fourth-order valence-electron chi connectivity index (χ4n) is 3.99. The van der Waals surface area contributed by atoms with Crippen LogP contribution in [0.4, 0.5) is 5.69 Å². The average molecular weight is 552 g/mol. The summed E-state index contributed by atoms with van der Waals surface area (Å²) in [5.74, 6) is -2.10. The van der Waals surface area contributed by atoms with Gasteiger partial charge in [0, 0.05) is 35.3 Å². The second-order valence-electron chi connectivity index (χ2n) is 7.52. The van der Waals surface area contributed by atoms with Crippen LogP contribution in [0.5, 0.6) is 11.5 Å². The van der Waals surface area contributed by atoms with Crippen molar-refractivity contribution in [2.75, 3.05) is 19.6 Å². The highest BCUT2D eigenvalue weighted by Crippen LogP contribution is 2.76. The molecule has 0 aliphatic carbocycles. The van der Waals surface area contributed by atoms with E-state index in [0.29, 0.717) is 6.54 Å². The molecule has 0 aromatic heterocycles. The summed E-state index contributed by atoms with van der Waals surface area (Å²) in [4.78, 5) is 11.9. The molecule has 2 aromatic carbocycles. The number of hydrogen-bond acceptors (Lipinski definition) is 10. The summed E-state index contributed by atoms with van der Waals surface area (Å²) < 4.78 is 62.7. The predicted octanol–water partition coefficient (Wildman–Crippen LogP) is 4.19. The predicted molar refractivity (Wildman–Crippen MR) is 118 cm³/mol. The van der Waals surface area contributed by atoms with Crippen molar-refractivity contribution in [2.24, 2.45) is 0 Å². The summed E-state index contributed by atoms with van der Waals surface area (Å²) in [6.45, 7) is 2.36. The fourth-order valence-corrected chi connectivity index (χ4v) is 7.93. The zero-order valence-electron chi connectivity index (χ0n) is 17.3. The maximum atomic E-state index is 13.8. The molecule has 1 unspecified atom stereocenters. The molecule has 4 aliphatic rings. The highest BCUT2D eigenvalue weighted by atomic mass is 35.5. The van der Waals surface area contributed by atoms with E-state index in [1.165, 1.54) is 18.2 Å². The topological polar surface area (TPSA) is 138 Å². The molecule has 0 radical (unpaired) electrons. The Morgan fingerprint density at radius 1 is 1.21 bits per heavy atom. The van der Waals surface area contributed by atoms with Crippen LogP contribution in [0.2, 0.25) is 10.0 Å². The Hall–Kier alpha value is -1.80. The number of sulfonamides is 1. The largest absolute Gasteiger partial charge is 0.484 e. The number of piperazine rings is 1. The van der Waals surface area contributed by atoms with Crippen molar-refractivity contribution in [3.8, 4) is 11.5 Å². The van der Waals surface area contributed by atoms with Gasteiger partial charge >= 0.3 is 13.7 Å². The highest BCUT2D eigenvalue weighted by Gasteiger charge is 2.78. The van der Waals surface area contributed by atoms with Gasteiger partial charge in [-0.05, 0) is 30.8 Å². The lowest BCUT2D eigenvalue weighted by molar-refractivity contribution is -0.385. The Bertz CT molecular complexity index is 1330. The van der Waals surface area contributed by atoms with Crippen LogP contribution >= 0.6 is 31.0 Å². The Morgan fingerprint density at radius 3 is 2.50 bits per heavy atom. The molecule has 34 heavy (non-hydrogen) atoms. The average Bonchev–Trinajstić information content (AvgIpc) is 3.21. The summed E-state index contributed by atoms with van der Waals surface area (Å²) in [5.41, 5.74) is -0.486. The first kappa shape index (κ1) is 23.9. The van der Waals surface area contributed by atoms with Crippen LogP contribution in [0, 0.1) is 10.1 Å². The number of halogens is 2. The number of non-ortho nitro benzene ring substituents is 1. The molecule has 16 heteroatoms. The third-order valence-electron chi connectivity index (χ3n) is 5.47. The number of phosphoric acid groups is 1. The van der Waals surface area contributed by atoms with E-state index in [4.69, 9.17) is 41.5 Å². The zero-order chi connectivity index (χ0) is 24.5. The Kier molecular flexibility index (Phi) is 5.71. The molecular formula is C18H16Cl2N3O9PS. The second-order valence-corrected chi connectivity index (χ2v) is 11.7. The normalized spacial score (nSPS) is 28.9. The van der Waals surface area contributed by atoms with Gasteiger partial charge in [0.05, 0.1) is 4.92 Å². The molecule has 4 aliphatic heterocycles. The number of hydrogen-bond donors (Lipinski definition) is 0. The second kappa shape index (κ2) is 8.12. The van der Waals surface area contributed by atoms with E-state index in [1.54, 1.807) is 4.90 Å². The molecule has 4 saturated heterocycles. The van der Waals surface area contributed by atoms with E-state index in [0.717, 1.165) is 22.5 Å². The molecule has 4 heterocycles. The van der Waals surface area contributed by atoms with Gasteiger partial charge in [0.15, 0.2) is 6.23 Å². The first-order chi connectivity index (χ1) is 16.0. The number of benzene rings is 2. The van der Waals surface area contributed by atoms with E-state index < -0.39 is 45.5 Å². The number of likely N-dealkylation sites (N-methyl/N-ethyl adjacent to an activating group) is 1. The summed E-state index contributed by atoms with van der Waals surface area (Å²) in [5, 5.41) is 11.9. The lowest BCUT2D eigenvalue weighted by Crippen LogP contribution is -2.69. The minimum atomic E-state index is -4.56. The number of nitrogens with zero attached hydrogens (tertiary/aromatic N) is 3. The first-order valence-corrected chi connectivity index (χ1v) is 13.5. The minimum absolute atomic E-state index is 0.111. The van der Waals surface area contributed by atoms with Crippen molar-refractivity contribution in [2.45, 2.75) is 24.0 Å². The summed E-state index contributed by atoms with van der Waals surface area (Å²) >= 11 is 12.0. The third kappa shape index (κ3) is 3.72. The van der Waals surface area contributed by atoms with Crippen LogP contribution in [0.3, 0.4) is 0 Å². The molecule has 1 atom stereocenters. The Balaban J connectivity index is 1.60. The van der Waals surface area contributed by atoms with E-state index in [9.17, 15) is 23.1 Å². The van der Waals surface area contributed by atoms with Crippen molar-refractivity contribution >= 4 is 46.7 Å². The van der Waals surface area contributed by atoms with Crippen LogP contribution in [0.15, 0.2) is 41.3 Å². The van der Waals surface area contributed by atoms with Gasteiger partial charge in [0.25, 0.3) is 15.7 Å². The van der Waals surface area contributed by atoms with E-state index in [1.807, 2.05) is 6.92 Å². The van der Waals surface area contributed by atoms with Crippen molar-refractivity contribution < 1.29 is 36.2 Å². The van der Waals surface area contributed by atoms with E-state index in [2.05, 4.69) is 0 Å². The molecule has 4 fully saturated rings. The van der Waals surface area contributed by atoms with Crippen LogP contribution in [-0.4, -0.2) is 54.3 Å². The molecule has 0 N–H and O–H groups in total. The van der Waals surface area contributed by atoms with Gasteiger partial charge in [-0.2, -0.15) is 0 Å². The van der Waals surface area contributed by atoms with Gasteiger partial charge in [0.1, 0.15) is 16.4 Å².